The third kappa shape index (κ3) is 7.65. The van der Waals surface area contributed by atoms with Crippen molar-refractivity contribution in [2.75, 3.05) is 31.2 Å². The van der Waals surface area contributed by atoms with E-state index in [-0.39, 0.29) is 63.2 Å². The van der Waals surface area contributed by atoms with Crippen LogP contribution in [0.1, 0.15) is 60.1 Å². The van der Waals surface area contributed by atoms with Crippen LogP contribution >= 0.6 is 23.2 Å². The molecule has 11 nitrogen and oxygen atoms in total. The van der Waals surface area contributed by atoms with Gasteiger partial charge in [0.2, 0.25) is 0 Å². The lowest BCUT2D eigenvalue weighted by molar-refractivity contribution is -0.0761. The van der Waals surface area contributed by atoms with Gasteiger partial charge in [0.15, 0.2) is 20.6 Å². The van der Waals surface area contributed by atoms with Crippen molar-refractivity contribution in [2.45, 2.75) is 90.5 Å². The van der Waals surface area contributed by atoms with Gasteiger partial charge in [-0.05, 0) is 44.0 Å². The van der Waals surface area contributed by atoms with Crippen LogP contribution in [-0.2, 0) is 4.43 Å². The van der Waals surface area contributed by atoms with Crippen molar-refractivity contribution in [3.05, 3.63) is 44.7 Å². The van der Waals surface area contributed by atoms with Gasteiger partial charge in [0.25, 0.3) is 0 Å². The number of amides is 1. The first-order valence-electron chi connectivity index (χ1n) is 15.3. The summed E-state index contributed by atoms with van der Waals surface area (Å²) in [5.74, 6) is -3.41. The maximum absolute atomic E-state index is 15.2. The zero-order valence-electron chi connectivity index (χ0n) is 28.1. The molecule has 1 aliphatic heterocycles. The van der Waals surface area contributed by atoms with Gasteiger partial charge in [0, 0.05) is 37.4 Å². The van der Waals surface area contributed by atoms with Gasteiger partial charge in [0.1, 0.15) is 29.0 Å². The Labute approximate surface area is 283 Å². The second kappa shape index (κ2) is 13.4. The predicted octanol–water partition coefficient (Wildman–Crippen LogP) is 7.22. The van der Waals surface area contributed by atoms with E-state index >= 15 is 8.78 Å². The van der Waals surface area contributed by atoms with Gasteiger partial charge in [-0.15, -0.1) is 0 Å². The Morgan fingerprint density at radius 1 is 1.13 bits per heavy atom. The van der Waals surface area contributed by atoms with Crippen LogP contribution in [0.25, 0.3) is 16.7 Å². The zero-order chi connectivity index (χ0) is 35.2. The van der Waals surface area contributed by atoms with E-state index in [2.05, 4.69) is 15.0 Å². The molecule has 4 heterocycles. The molecule has 0 aromatic carbocycles. The number of hydrogen-bond acceptors (Lipinski definition) is 8. The zero-order valence-corrected chi connectivity index (χ0v) is 30.6. The summed E-state index contributed by atoms with van der Waals surface area (Å²) in [6, 6.07) is 2.17. The normalized spacial score (nSPS) is 17.9. The maximum Gasteiger partial charge on any atom is 0.407 e. The van der Waals surface area contributed by atoms with Crippen LogP contribution < -0.4 is 15.3 Å². The lowest BCUT2D eigenvalue weighted by atomic mass is 10.1. The number of hydrogen-bond donors (Lipinski definition) is 1. The van der Waals surface area contributed by atoms with Crippen molar-refractivity contribution >= 4 is 54.5 Å². The summed E-state index contributed by atoms with van der Waals surface area (Å²) < 4.78 is 43.2. The molecule has 258 valence electrons. The van der Waals surface area contributed by atoms with Gasteiger partial charge >= 0.3 is 17.7 Å². The molecular weight excluding hydrogens is 673 g/mol. The molecule has 4 rings (SSSR count). The van der Waals surface area contributed by atoms with Crippen LogP contribution in [0.5, 0.6) is 5.75 Å². The molecule has 1 N–H and O–H groups in total. The molecule has 1 amide bonds. The van der Waals surface area contributed by atoms with Crippen molar-refractivity contribution in [3.63, 3.8) is 0 Å². The number of piperazine rings is 1. The number of pyridine rings is 2. The third-order valence-electron chi connectivity index (χ3n) is 8.84. The van der Waals surface area contributed by atoms with Gasteiger partial charge in [-0.2, -0.15) is 4.98 Å². The van der Waals surface area contributed by atoms with E-state index in [9.17, 15) is 14.7 Å². The fourth-order valence-electron chi connectivity index (χ4n) is 5.14. The van der Waals surface area contributed by atoms with E-state index in [1.54, 1.807) is 6.92 Å². The number of rotatable bonds is 9. The van der Waals surface area contributed by atoms with E-state index in [1.165, 1.54) is 23.2 Å². The molecule has 1 fully saturated rings. The summed E-state index contributed by atoms with van der Waals surface area (Å²) in [4.78, 5) is 42.4. The quantitative estimate of drug-likeness (QED) is 0.181. The molecule has 47 heavy (non-hydrogen) atoms. The van der Waals surface area contributed by atoms with Crippen molar-refractivity contribution in [1.29, 1.82) is 0 Å². The minimum Gasteiger partial charge on any atom is -0.485 e. The molecule has 0 spiro atoms. The van der Waals surface area contributed by atoms with Crippen molar-refractivity contribution in [1.82, 2.24) is 24.4 Å². The maximum atomic E-state index is 15.2. The average molecular weight is 716 g/mol. The van der Waals surface area contributed by atoms with E-state index in [4.69, 9.17) is 32.4 Å². The Morgan fingerprint density at radius 3 is 2.38 bits per heavy atom. The van der Waals surface area contributed by atoms with Crippen LogP contribution in [0.4, 0.5) is 19.4 Å². The first kappa shape index (κ1) is 36.8. The number of carboxylic acid groups (broad SMARTS) is 1. The number of aromatic nitrogens is 4. The highest BCUT2D eigenvalue weighted by Gasteiger charge is 2.41. The number of nitrogens with zero attached hydrogens (tertiary/aromatic N) is 6. The molecule has 1 aliphatic rings. The van der Waals surface area contributed by atoms with E-state index in [1.807, 2.05) is 59.5 Å². The molecule has 0 bridgehead atoms. The highest BCUT2D eigenvalue weighted by Crippen LogP contribution is 2.39. The van der Waals surface area contributed by atoms with Crippen LogP contribution in [-0.4, -0.2) is 88.2 Å². The second-order valence-corrected chi connectivity index (χ2v) is 19.4. The van der Waals surface area contributed by atoms with Crippen molar-refractivity contribution in [2.24, 2.45) is 0 Å². The van der Waals surface area contributed by atoms with Crippen LogP contribution in [0.2, 0.25) is 28.3 Å². The number of ether oxygens (including phenoxy) is 1. The number of anilines is 1. The standard InChI is InChI=1S/C31H42Cl2F2N6O5Si/c1-17(2)23-24(22(10-11-36-23)45-15-31(34,35)16-46-47(8,9)30(5,6)7)41-27-20(12-21(32)25(33)37-27)26(38-28(41)42)39-13-19(4)40(29(43)44)14-18(39)3/h10-12,17-19H,13-16H2,1-9H3,(H,43,44)/t18-,19+/m0/s1. The SMILES string of the molecule is CC(C)c1nccc(OCC(F)(F)CO[Si](C)(C)C(C)(C)C)c1-n1c(=O)nc(N2C[C@@H](C)N(C(=O)O)C[C@@H]2C)c2cc(Cl)c(Cl)nc21. The van der Waals surface area contributed by atoms with E-state index in [0.717, 1.165) is 4.57 Å². The average Bonchev–Trinajstić information content (AvgIpc) is 2.96. The Kier molecular flexibility index (Phi) is 10.5. The molecule has 0 aliphatic carbocycles. The molecule has 2 atom stereocenters. The number of alkyl halides is 2. The number of halogens is 4. The molecule has 16 heteroatoms. The van der Waals surface area contributed by atoms with Crippen molar-refractivity contribution < 1.29 is 27.8 Å². The lowest BCUT2D eigenvalue weighted by Crippen LogP contribution is -2.58. The van der Waals surface area contributed by atoms with Crippen LogP contribution in [0.3, 0.4) is 0 Å². The topological polar surface area (TPSA) is 123 Å². The summed E-state index contributed by atoms with van der Waals surface area (Å²) in [6.45, 7) is 15.5. The molecule has 1 saturated heterocycles. The second-order valence-electron chi connectivity index (χ2n) is 13.9. The molecular formula is C31H42Cl2F2N6O5Si. The lowest BCUT2D eigenvalue weighted by Gasteiger charge is -2.43. The minimum atomic E-state index is -3.34. The summed E-state index contributed by atoms with van der Waals surface area (Å²) >= 11 is 12.8. The van der Waals surface area contributed by atoms with Gasteiger partial charge < -0.3 is 24.1 Å². The Morgan fingerprint density at radius 2 is 1.79 bits per heavy atom. The summed E-state index contributed by atoms with van der Waals surface area (Å²) in [6.07, 6.45) is 0.381. The first-order chi connectivity index (χ1) is 21.6. The van der Waals surface area contributed by atoms with Gasteiger partial charge in [-0.1, -0.05) is 57.8 Å². The Bertz CT molecular complexity index is 1720. The molecule has 0 unspecified atom stereocenters. The van der Waals surface area contributed by atoms with Crippen LogP contribution in [0, 0.1) is 0 Å². The summed E-state index contributed by atoms with van der Waals surface area (Å²) in [7, 11) is -2.46. The summed E-state index contributed by atoms with van der Waals surface area (Å²) in [5.41, 5.74) is -0.249. The number of carbonyl (C=O) groups is 1. The largest absolute Gasteiger partial charge is 0.485 e. The number of fused-ring (bicyclic) bond motifs is 1. The fraction of sp³-hybridized carbons (Fsp3) is 0.581. The van der Waals surface area contributed by atoms with Gasteiger partial charge in [-0.3, -0.25) is 4.98 Å². The van der Waals surface area contributed by atoms with Crippen molar-refractivity contribution in [3.8, 4) is 11.4 Å². The van der Waals surface area contributed by atoms with E-state index < -0.39 is 45.3 Å². The monoisotopic (exact) mass is 714 g/mol. The highest BCUT2D eigenvalue weighted by atomic mass is 35.5. The minimum absolute atomic E-state index is 0.0291. The van der Waals surface area contributed by atoms with Gasteiger partial charge in [-0.25, -0.2) is 27.9 Å². The van der Waals surface area contributed by atoms with Crippen LogP contribution in [0.15, 0.2) is 23.1 Å². The molecule has 0 radical (unpaired) electrons. The Balaban J connectivity index is 1.84. The molecule has 3 aromatic rings. The fourth-order valence-corrected chi connectivity index (χ4v) is 6.43. The third-order valence-corrected chi connectivity index (χ3v) is 14.0. The first-order valence-corrected chi connectivity index (χ1v) is 19.0. The molecule has 3 aromatic heterocycles. The Hall–Kier alpha value is -3.07. The molecule has 0 saturated carbocycles. The van der Waals surface area contributed by atoms with Gasteiger partial charge in [0.05, 0.1) is 16.1 Å². The summed E-state index contributed by atoms with van der Waals surface area (Å²) in [5, 5.41) is 9.75. The predicted molar refractivity (Wildman–Crippen MR) is 182 cm³/mol. The highest BCUT2D eigenvalue weighted by molar-refractivity contribution is 6.74. The smallest absolute Gasteiger partial charge is 0.407 e. The van der Waals surface area contributed by atoms with E-state index in [0.29, 0.717) is 11.1 Å².